The van der Waals surface area contributed by atoms with Gasteiger partial charge < -0.3 is 10.1 Å². The lowest BCUT2D eigenvalue weighted by Gasteiger charge is -2.27. The molecule has 1 unspecified atom stereocenters. The Kier molecular flexibility index (Phi) is 5.32. The predicted molar refractivity (Wildman–Crippen MR) is 113 cm³/mol. The molecule has 4 rings (SSSR count). The second-order valence-corrected chi connectivity index (χ2v) is 8.05. The zero-order valence-electron chi connectivity index (χ0n) is 15.2. The van der Waals surface area contributed by atoms with Crippen molar-refractivity contribution < 1.29 is 9.53 Å². The average molecular weight is 459 g/mol. The third-order valence-corrected chi connectivity index (χ3v) is 5.52. The van der Waals surface area contributed by atoms with Gasteiger partial charge in [0.05, 0.1) is 12.6 Å². The van der Waals surface area contributed by atoms with Crippen LogP contribution in [0.5, 0.6) is 5.75 Å². The Morgan fingerprint density at radius 2 is 2.14 bits per heavy atom. The van der Waals surface area contributed by atoms with E-state index in [1.807, 2.05) is 49.4 Å². The van der Waals surface area contributed by atoms with Crippen LogP contribution >= 0.6 is 28.1 Å². The van der Waals surface area contributed by atoms with Gasteiger partial charge in [-0.3, -0.25) is 14.5 Å². The second-order valence-electron chi connectivity index (χ2n) is 6.74. The molecule has 1 aliphatic heterocycles. The number of aryl methyl sites for hydroxylation is 1. The second kappa shape index (κ2) is 7.89. The molecule has 0 aliphatic carbocycles. The van der Waals surface area contributed by atoms with Gasteiger partial charge in [-0.2, -0.15) is 5.10 Å². The van der Waals surface area contributed by atoms with Crippen molar-refractivity contribution in [3.8, 4) is 17.1 Å². The highest BCUT2D eigenvalue weighted by Crippen LogP contribution is 2.34. The largest absolute Gasteiger partial charge is 0.493 e. The number of fused-ring (bicyclic) bond motifs is 1. The third-order valence-electron chi connectivity index (χ3n) is 4.72. The number of hydrogen-bond donors (Lipinski definition) is 2. The Bertz CT molecular complexity index is 1070. The van der Waals surface area contributed by atoms with Gasteiger partial charge in [-0.05, 0) is 37.3 Å². The van der Waals surface area contributed by atoms with E-state index in [2.05, 4.69) is 31.4 Å². The fourth-order valence-electron chi connectivity index (χ4n) is 3.29. The third kappa shape index (κ3) is 3.88. The number of nitrogens with zero attached hydrogens (tertiary/aromatic N) is 2. The summed E-state index contributed by atoms with van der Waals surface area (Å²) in [4.78, 5) is 12.8. The minimum Gasteiger partial charge on any atom is -0.493 e. The van der Waals surface area contributed by atoms with E-state index in [4.69, 9.17) is 17.0 Å². The molecule has 2 heterocycles. The van der Waals surface area contributed by atoms with Gasteiger partial charge in [0.25, 0.3) is 0 Å². The number of benzene rings is 2. The maximum absolute atomic E-state index is 12.8. The number of nitrogens with one attached hydrogen (secondary N) is 2. The van der Waals surface area contributed by atoms with Gasteiger partial charge in [0, 0.05) is 22.0 Å². The lowest BCUT2D eigenvalue weighted by molar-refractivity contribution is -0.122. The molecule has 2 N–H and O–H groups in total. The zero-order chi connectivity index (χ0) is 19.7. The van der Waals surface area contributed by atoms with E-state index >= 15 is 0 Å². The number of aromatic amines is 1. The monoisotopic (exact) mass is 458 g/mol. The van der Waals surface area contributed by atoms with Crippen molar-refractivity contribution in [3.05, 3.63) is 62.8 Å². The van der Waals surface area contributed by atoms with Crippen molar-refractivity contribution in [1.29, 1.82) is 0 Å². The molecule has 6 nitrogen and oxygen atoms in total. The van der Waals surface area contributed by atoms with Crippen LogP contribution in [0.25, 0.3) is 11.4 Å². The number of amides is 1. The normalized spacial score (nSPS) is 15.6. The van der Waals surface area contributed by atoms with Crippen LogP contribution in [-0.4, -0.2) is 27.3 Å². The molecule has 0 spiro atoms. The van der Waals surface area contributed by atoms with Crippen LogP contribution in [0, 0.1) is 11.7 Å². The minimum absolute atomic E-state index is 0.0965. The molecule has 8 heteroatoms. The molecule has 1 aromatic heterocycles. The molecule has 28 heavy (non-hydrogen) atoms. The van der Waals surface area contributed by atoms with Crippen LogP contribution in [0.3, 0.4) is 0 Å². The number of aromatic nitrogens is 3. The summed E-state index contributed by atoms with van der Waals surface area (Å²) in [7, 11) is 0. The van der Waals surface area contributed by atoms with E-state index in [1.165, 1.54) is 0 Å². The summed E-state index contributed by atoms with van der Waals surface area (Å²) in [6, 6.07) is 13.7. The summed E-state index contributed by atoms with van der Waals surface area (Å²) in [5.74, 6) is 1.33. The first-order chi connectivity index (χ1) is 13.5. The first-order valence-corrected chi connectivity index (χ1v) is 10.2. The average Bonchev–Trinajstić information content (AvgIpc) is 3.03. The highest BCUT2D eigenvalue weighted by molar-refractivity contribution is 9.10. The van der Waals surface area contributed by atoms with Crippen LogP contribution in [0.2, 0.25) is 0 Å². The van der Waals surface area contributed by atoms with Crippen LogP contribution < -0.4 is 10.1 Å². The fraction of sp³-hybridized carbons (Fsp3) is 0.250. The van der Waals surface area contributed by atoms with Gasteiger partial charge in [0.2, 0.25) is 5.91 Å². The van der Waals surface area contributed by atoms with Crippen molar-refractivity contribution in [2.75, 3.05) is 6.61 Å². The number of carbonyl (C=O) groups excluding carboxylic acids is 1. The standard InChI is InChI=1S/C20H19BrN4O2S/c1-12-2-4-13(5-3-12)19-23-24-20(28)25(19)11-18(26)22-16-8-9-27-17-7-6-14(21)10-15(16)17/h2-7,10,16H,8-9,11H2,1H3,(H,22,26)(H,24,28). The molecule has 1 atom stereocenters. The summed E-state index contributed by atoms with van der Waals surface area (Å²) < 4.78 is 8.78. The molecule has 144 valence electrons. The van der Waals surface area contributed by atoms with E-state index < -0.39 is 0 Å². The number of rotatable bonds is 4. The summed E-state index contributed by atoms with van der Waals surface area (Å²) in [6.45, 7) is 2.69. The molecule has 0 fully saturated rings. The van der Waals surface area contributed by atoms with Crippen LogP contribution in [0.4, 0.5) is 0 Å². The first-order valence-electron chi connectivity index (χ1n) is 8.95. The van der Waals surface area contributed by atoms with Gasteiger partial charge in [0.15, 0.2) is 10.6 Å². The molecule has 1 aliphatic rings. The molecular formula is C20H19BrN4O2S. The molecule has 0 bridgehead atoms. The molecule has 2 aromatic carbocycles. The van der Waals surface area contributed by atoms with Gasteiger partial charge in [-0.25, -0.2) is 0 Å². The van der Waals surface area contributed by atoms with Crippen LogP contribution in [-0.2, 0) is 11.3 Å². The Hall–Kier alpha value is -2.45. The van der Waals surface area contributed by atoms with Gasteiger partial charge in [-0.15, -0.1) is 0 Å². The fourth-order valence-corrected chi connectivity index (χ4v) is 3.86. The maximum Gasteiger partial charge on any atom is 0.240 e. The smallest absolute Gasteiger partial charge is 0.240 e. The molecule has 0 saturated heterocycles. The molecule has 3 aromatic rings. The van der Waals surface area contributed by atoms with Crippen LogP contribution in [0.15, 0.2) is 46.9 Å². The number of ether oxygens (including phenoxy) is 1. The lowest BCUT2D eigenvalue weighted by Crippen LogP contribution is -2.34. The van der Waals surface area contributed by atoms with Crippen molar-refractivity contribution in [2.24, 2.45) is 0 Å². The number of halogens is 1. The topological polar surface area (TPSA) is 71.9 Å². The SMILES string of the molecule is Cc1ccc(-c2n[nH]c(=S)n2CC(=O)NC2CCOc3ccc(Br)cc32)cc1. The molecule has 0 radical (unpaired) electrons. The maximum atomic E-state index is 12.8. The quantitative estimate of drug-likeness (QED) is 0.571. The Labute approximate surface area is 176 Å². The molecule has 1 amide bonds. The van der Waals surface area contributed by atoms with E-state index in [-0.39, 0.29) is 18.5 Å². The Morgan fingerprint density at radius 1 is 1.36 bits per heavy atom. The minimum atomic E-state index is -0.122. The lowest BCUT2D eigenvalue weighted by atomic mass is 10.0. The first kappa shape index (κ1) is 18.9. The summed E-state index contributed by atoms with van der Waals surface area (Å²) in [5.41, 5.74) is 3.04. The zero-order valence-corrected chi connectivity index (χ0v) is 17.6. The van der Waals surface area contributed by atoms with Crippen molar-refractivity contribution in [3.63, 3.8) is 0 Å². The Balaban J connectivity index is 1.55. The number of carbonyl (C=O) groups is 1. The van der Waals surface area contributed by atoms with E-state index in [9.17, 15) is 4.79 Å². The molecular weight excluding hydrogens is 440 g/mol. The van der Waals surface area contributed by atoms with E-state index in [1.54, 1.807) is 4.57 Å². The summed E-state index contributed by atoms with van der Waals surface area (Å²) in [6.07, 6.45) is 0.719. The van der Waals surface area contributed by atoms with Crippen molar-refractivity contribution >= 4 is 34.1 Å². The van der Waals surface area contributed by atoms with Crippen molar-refractivity contribution in [1.82, 2.24) is 20.1 Å². The van der Waals surface area contributed by atoms with E-state index in [0.29, 0.717) is 17.2 Å². The summed E-state index contributed by atoms with van der Waals surface area (Å²) in [5, 5.41) is 10.2. The highest BCUT2D eigenvalue weighted by Gasteiger charge is 2.24. The van der Waals surface area contributed by atoms with Gasteiger partial charge in [0.1, 0.15) is 12.3 Å². The highest BCUT2D eigenvalue weighted by atomic mass is 79.9. The van der Waals surface area contributed by atoms with E-state index in [0.717, 1.165) is 33.3 Å². The van der Waals surface area contributed by atoms with Crippen molar-refractivity contribution in [2.45, 2.75) is 25.9 Å². The van der Waals surface area contributed by atoms with Gasteiger partial charge >= 0.3 is 0 Å². The number of H-pyrrole nitrogens is 1. The molecule has 0 saturated carbocycles. The Morgan fingerprint density at radius 3 is 2.93 bits per heavy atom. The number of hydrogen-bond acceptors (Lipinski definition) is 4. The predicted octanol–water partition coefficient (Wildman–Crippen LogP) is 4.32. The van der Waals surface area contributed by atoms with Crippen LogP contribution in [0.1, 0.15) is 23.6 Å². The van der Waals surface area contributed by atoms with Gasteiger partial charge in [-0.1, -0.05) is 45.8 Å². The summed E-state index contributed by atoms with van der Waals surface area (Å²) >= 11 is 8.82.